The minimum absolute atomic E-state index is 0.780. The summed E-state index contributed by atoms with van der Waals surface area (Å²) in [6, 6.07) is 12.0. The van der Waals surface area contributed by atoms with Crippen molar-refractivity contribution in [2.45, 2.75) is 0 Å². The summed E-state index contributed by atoms with van der Waals surface area (Å²) in [5.74, 6) is 5.97. The maximum atomic E-state index is 5.26. The summed E-state index contributed by atoms with van der Waals surface area (Å²) in [6.45, 7) is 0. The van der Waals surface area contributed by atoms with Crippen molar-refractivity contribution >= 4 is 17.0 Å². The molecule has 0 saturated heterocycles. The number of rotatable bonds is 2. The SMILES string of the molecule is COc1ccc2ccccc2c1/C=N/N. The molecule has 0 spiro atoms. The Hall–Kier alpha value is -2.03. The number of fused-ring (bicyclic) bond motifs is 1. The molecule has 0 aliphatic rings. The van der Waals surface area contributed by atoms with Gasteiger partial charge in [0.2, 0.25) is 0 Å². The van der Waals surface area contributed by atoms with Crippen molar-refractivity contribution in [3.05, 3.63) is 42.0 Å². The van der Waals surface area contributed by atoms with Crippen molar-refractivity contribution < 1.29 is 4.74 Å². The summed E-state index contributed by atoms with van der Waals surface area (Å²) in [6.07, 6.45) is 1.61. The van der Waals surface area contributed by atoms with Crippen LogP contribution >= 0.6 is 0 Å². The van der Waals surface area contributed by atoms with E-state index in [0.29, 0.717) is 0 Å². The average Bonchev–Trinajstić information content (AvgIpc) is 2.30. The van der Waals surface area contributed by atoms with E-state index in [1.54, 1.807) is 13.3 Å². The number of hydrogen-bond acceptors (Lipinski definition) is 3. The number of ether oxygens (including phenoxy) is 1. The van der Waals surface area contributed by atoms with Crippen LogP contribution in [0.1, 0.15) is 5.56 Å². The molecule has 76 valence electrons. The van der Waals surface area contributed by atoms with Gasteiger partial charge in [0.05, 0.1) is 13.3 Å². The monoisotopic (exact) mass is 200 g/mol. The molecule has 0 aliphatic carbocycles. The van der Waals surface area contributed by atoms with Crippen molar-refractivity contribution in [3.63, 3.8) is 0 Å². The Balaban J connectivity index is 2.78. The molecule has 2 aromatic carbocycles. The molecule has 0 fully saturated rings. The summed E-state index contributed by atoms with van der Waals surface area (Å²) < 4.78 is 5.26. The second-order valence-electron chi connectivity index (χ2n) is 3.18. The fraction of sp³-hybridized carbons (Fsp3) is 0.0833. The van der Waals surface area contributed by atoms with Gasteiger partial charge >= 0.3 is 0 Å². The quantitative estimate of drug-likeness (QED) is 0.458. The average molecular weight is 200 g/mol. The van der Waals surface area contributed by atoms with Crippen LogP contribution in [0.3, 0.4) is 0 Å². The fourth-order valence-corrected chi connectivity index (χ4v) is 1.66. The molecule has 0 aromatic heterocycles. The second kappa shape index (κ2) is 4.00. The first-order valence-electron chi connectivity index (χ1n) is 4.66. The van der Waals surface area contributed by atoms with Crippen molar-refractivity contribution in [1.29, 1.82) is 0 Å². The summed E-state index contributed by atoms with van der Waals surface area (Å²) in [4.78, 5) is 0. The lowest BCUT2D eigenvalue weighted by Gasteiger charge is -2.07. The van der Waals surface area contributed by atoms with Gasteiger partial charge in [0, 0.05) is 5.56 Å². The lowest BCUT2D eigenvalue weighted by atomic mass is 10.0. The Labute approximate surface area is 88.2 Å². The van der Waals surface area contributed by atoms with E-state index >= 15 is 0 Å². The summed E-state index contributed by atoms with van der Waals surface area (Å²) in [7, 11) is 1.64. The van der Waals surface area contributed by atoms with Gasteiger partial charge in [-0.05, 0) is 16.8 Å². The predicted molar refractivity (Wildman–Crippen MR) is 62.3 cm³/mol. The molecule has 0 amide bonds. The Morgan fingerprint density at radius 2 is 2.00 bits per heavy atom. The van der Waals surface area contributed by atoms with Crippen LogP contribution in [-0.4, -0.2) is 13.3 Å². The van der Waals surface area contributed by atoms with Gasteiger partial charge in [-0.3, -0.25) is 0 Å². The highest BCUT2D eigenvalue weighted by atomic mass is 16.5. The third-order valence-electron chi connectivity index (χ3n) is 2.35. The molecule has 2 N–H and O–H groups in total. The lowest BCUT2D eigenvalue weighted by molar-refractivity contribution is 0.415. The first-order chi connectivity index (χ1) is 7.36. The minimum atomic E-state index is 0.780. The highest BCUT2D eigenvalue weighted by molar-refractivity contribution is 6.02. The molecule has 0 heterocycles. The molecule has 0 atom stereocenters. The van der Waals surface area contributed by atoms with Gasteiger partial charge in [-0.15, -0.1) is 0 Å². The number of benzene rings is 2. The van der Waals surface area contributed by atoms with E-state index < -0.39 is 0 Å². The van der Waals surface area contributed by atoms with Crippen molar-refractivity contribution in [3.8, 4) is 5.75 Å². The molecule has 0 radical (unpaired) electrons. The van der Waals surface area contributed by atoms with E-state index in [4.69, 9.17) is 10.6 Å². The molecule has 3 heteroatoms. The van der Waals surface area contributed by atoms with Crippen LogP contribution in [-0.2, 0) is 0 Å². The van der Waals surface area contributed by atoms with Crippen LogP contribution < -0.4 is 10.6 Å². The number of methoxy groups -OCH3 is 1. The minimum Gasteiger partial charge on any atom is -0.496 e. The third-order valence-corrected chi connectivity index (χ3v) is 2.35. The van der Waals surface area contributed by atoms with Crippen molar-refractivity contribution in [2.24, 2.45) is 10.9 Å². The largest absolute Gasteiger partial charge is 0.496 e. The van der Waals surface area contributed by atoms with Gasteiger partial charge in [-0.25, -0.2) is 0 Å². The van der Waals surface area contributed by atoms with Crippen molar-refractivity contribution in [2.75, 3.05) is 7.11 Å². The van der Waals surface area contributed by atoms with Gasteiger partial charge in [-0.2, -0.15) is 5.10 Å². The Bertz CT molecular complexity index is 506. The van der Waals surface area contributed by atoms with Gasteiger partial charge in [0.1, 0.15) is 5.75 Å². The predicted octanol–water partition coefficient (Wildman–Crippen LogP) is 2.14. The van der Waals surface area contributed by atoms with Crippen LogP contribution in [0.15, 0.2) is 41.5 Å². The molecule has 2 rings (SSSR count). The van der Waals surface area contributed by atoms with Crippen LogP contribution in [0.2, 0.25) is 0 Å². The van der Waals surface area contributed by atoms with Crippen LogP contribution in [0.4, 0.5) is 0 Å². The topological polar surface area (TPSA) is 47.6 Å². The maximum absolute atomic E-state index is 5.26. The summed E-state index contributed by atoms with van der Waals surface area (Å²) >= 11 is 0. The van der Waals surface area contributed by atoms with E-state index in [9.17, 15) is 0 Å². The lowest BCUT2D eigenvalue weighted by Crippen LogP contribution is -1.94. The molecule has 15 heavy (non-hydrogen) atoms. The number of hydrazone groups is 1. The first kappa shape index (κ1) is 9.52. The third kappa shape index (κ3) is 1.64. The number of nitrogens with zero attached hydrogens (tertiary/aromatic N) is 1. The fourth-order valence-electron chi connectivity index (χ4n) is 1.66. The van der Waals surface area contributed by atoms with E-state index in [2.05, 4.69) is 5.10 Å². The first-order valence-corrected chi connectivity index (χ1v) is 4.66. The van der Waals surface area contributed by atoms with Gasteiger partial charge < -0.3 is 10.6 Å². The summed E-state index contributed by atoms with van der Waals surface area (Å²) in [5, 5.41) is 5.80. The van der Waals surface area contributed by atoms with E-state index in [1.807, 2.05) is 36.4 Å². The molecule has 3 nitrogen and oxygen atoms in total. The maximum Gasteiger partial charge on any atom is 0.128 e. The zero-order chi connectivity index (χ0) is 10.7. The Morgan fingerprint density at radius 1 is 1.20 bits per heavy atom. The van der Waals surface area contributed by atoms with Crippen molar-refractivity contribution in [1.82, 2.24) is 0 Å². The zero-order valence-electron chi connectivity index (χ0n) is 8.47. The Morgan fingerprint density at radius 3 is 2.73 bits per heavy atom. The number of hydrogen-bond donors (Lipinski definition) is 1. The Kier molecular flexibility index (Phi) is 2.54. The van der Waals surface area contributed by atoms with E-state index in [-0.39, 0.29) is 0 Å². The highest BCUT2D eigenvalue weighted by Gasteiger charge is 2.04. The second-order valence-corrected chi connectivity index (χ2v) is 3.18. The van der Waals surface area contributed by atoms with Crippen LogP contribution in [0.25, 0.3) is 10.8 Å². The van der Waals surface area contributed by atoms with Gasteiger partial charge in [0.15, 0.2) is 0 Å². The molecular weight excluding hydrogens is 188 g/mol. The van der Waals surface area contributed by atoms with Gasteiger partial charge in [0.25, 0.3) is 0 Å². The smallest absolute Gasteiger partial charge is 0.128 e. The van der Waals surface area contributed by atoms with E-state index in [0.717, 1.165) is 22.1 Å². The molecule has 0 aliphatic heterocycles. The number of nitrogens with two attached hydrogens (primary N) is 1. The van der Waals surface area contributed by atoms with E-state index in [1.165, 1.54) is 0 Å². The normalized spacial score (nSPS) is 11.0. The molecule has 0 bridgehead atoms. The van der Waals surface area contributed by atoms with Crippen LogP contribution in [0, 0.1) is 0 Å². The standard InChI is InChI=1S/C12H12N2O/c1-15-12-7-6-9-4-2-3-5-10(9)11(12)8-14-13/h2-8H,13H2,1H3/b14-8+. The zero-order valence-corrected chi connectivity index (χ0v) is 8.47. The molecule has 0 unspecified atom stereocenters. The molecule has 2 aromatic rings. The molecule has 0 saturated carbocycles. The summed E-state index contributed by atoms with van der Waals surface area (Å²) in [5.41, 5.74) is 0.915. The highest BCUT2D eigenvalue weighted by Crippen LogP contribution is 2.26. The van der Waals surface area contributed by atoms with Crippen LogP contribution in [0.5, 0.6) is 5.75 Å². The molecular formula is C12H12N2O. The van der Waals surface area contributed by atoms with Gasteiger partial charge in [-0.1, -0.05) is 30.3 Å².